The van der Waals surface area contributed by atoms with Crippen molar-refractivity contribution in [2.75, 3.05) is 13.7 Å². The molecule has 0 unspecified atom stereocenters. The lowest BCUT2D eigenvalue weighted by Crippen LogP contribution is -2.15. The van der Waals surface area contributed by atoms with E-state index in [-0.39, 0.29) is 0 Å². The Labute approximate surface area is 82.8 Å². The molecule has 1 rings (SSSR count). The molecule has 0 aliphatic rings. The van der Waals surface area contributed by atoms with Crippen molar-refractivity contribution >= 4 is 5.91 Å². The van der Waals surface area contributed by atoms with Gasteiger partial charge in [-0.2, -0.15) is 0 Å². The number of carbonyl (C=O) groups is 1. The van der Waals surface area contributed by atoms with Crippen LogP contribution in [-0.4, -0.2) is 19.6 Å². The lowest BCUT2D eigenvalue weighted by molar-refractivity contribution is 0.0999. The molecule has 0 aromatic heterocycles. The van der Waals surface area contributed by atoms with Crippen molar-refractivity contribution in [1.82, 2.24) is 0 Å². The SMILES string of the molecule is COc1ccc(C(N)=O)c(CCN)c1. The molecule has 0 fully saturated rings. The number of primary amides is 1. The summed E-state index contributed by atoms with van der Waals surface area (Å²) in [6, 6.07) is 5.15. The van der Waals surface area contributed by atoms with Crippen molar-refractivity contribution in [3.05, 3.63) is 29.3 Å². The number of ether oxygens (including phenoxy) is 1. The third kappa shape index (κ3) is 2.23. The quantitative estimate of drug-likeness (QED) is 0.723. The van der Waals surface area contributed by atoms with Gasteiger partial charge < -0.3 is 16.2 Å². The van der Waals surface area contributed by atoms with Gasteiger partial charge in [0.1, 0.15) is 5.75 Å². The average Bonchev–Trinajstić information content (AvgIpc) is 2.17. The minimum atomic E-state index is -0.434. The normalized spacial score (nSPS) is 9.86. The van der Waals surface area contributed by atoms with Crippen molar-refractivity contribution < 1.29 is 9.53 Å². The van der Waals surface area contributed by atoms with E-state index in [0.29, 0.717) is 24.3 Å². The second-order valence-corrected chi connectivity index (χ2v) is 2.93. The van der Waals surface area contributed by atoms with Gasteiger partial charge >= 0.3 is 0 Å². The zero-order valence-electron chi connectivity index (χ0n) is 8.12. The summed E-state index contributed by atoms with van der Waals surface area (Å²) in [5.41, 5.74) is 12.0. The van der Waals surface area contributed by atoms with E-state index in [0.717, 1.165) is 5.56 Å². The Bertz CT molecular complexity index is 337. The van der Waals surface area contributed by atoms with Crippen LogP contribution in [0.25, 0.3) is 0 Å². The van der Waals surface area contributed by atoms with Crippen molar-refractivity contribution in [3.63, 3.8) is 0 Å². The Kier molecular flexibility index (Phi) is 3.48. The van der Waals surface area contributed by atoms with E-state index in [1.54, 1.807) is 25.3 Å². The Morgan fingerprint density at radius 3 is 2.71 bits per heavy atom. The Morgan fingerprint density at radius 2 is 2.21 bits per heavy atom. The molecular formula is C10H14N2O2. The lowest BCUT2D eigenvalue weighted by atomic mass is 10.0. The molecule has 4 N–H and O–H groups in total. The van der Waals surface area contributed by atoms with Crippen LogP contribution in [0.1, 0.15) is 15.9 Å². The summed E-state index contributed by atoms with van der Waals surface area (Å²) in [5, 5.41) is 0. The van der Waals surface area contributed by atoms with Gasteiger partial charge in [-0.1, -0.05) is 0 Å². The zero-order chi connectivity index (χ0) is 10.6. The van der Waals surface area contributed by atoms with E-state index in [1.165, 1.54) is 0 Å². The summed E-state index contributed by atoms with van der Waals surface area (Å²) in [7, 11) is 1.57. The number of benzene rings is 1. The van der Waals surface area contributed by atoms with Crippen LogP contribution in [0.15, 0.2) is 18.2 Å². The number of methoxy groups -OCH3 is 1. The van der Waals surface area contributed by atoms with E-state index >= 15 is 0 Å². The Hall–Kier alpha value is -1.55. The monoisotopic (exact) mass is 194 g/mol. The van der Waals surface area contributed by atoms with Crippen molar-refractivity contribution in [2.45, 2.75) is 6.42 Å². The first-order chi connectivity index (χ1) is 6.69. The van der Waals surface area contributed by atoms with Crippen LogP contribution in [0.3, 0.4) is 0 Å². The number of rotatable bonds is 4. The first-order valence-corrected chi connectivity index (χ1v) is 4.36. The highest BCUT2D eigenvalue weighted by Gasteiger charge is 2.08. The molecule has 0 spiro atoms. The average molecular weight is 194 g/mol. The van der Waals surface area contributed by atoms with E-state index < -0.39 is 5.91 Å². The first kappa shape index (κ1) is 10.5. The first-order valence-electron chi connectivity index (χ1n) is 4.36. The fourth-order valence-electron chi connectivity index (χ4n) is 1.30. The third-order valence-corrected chi connectivity index (χ3v) is 1.99. The topological polar surface area (TPSA) is 78.3 Å². The predicted molar refractivity (Wildman–Crippen MR) is 54.3 cm³/mol. The van der Waals surface area contributed by atoms with Gasteiger partial charge in [-0.15, -0.1) is 0 Å². The molecule has 0 radical (unpaired) electrons. The molecule has 1 aromatic carbocycles. The molecular weight excluding hydrogens is 180 g/mol. The van der Waals surface area contributed by atoms with Crippen LogP contribution in [0.2, 0.25) is 0 Å². The standard InChI is InChI=1S/C10H14N2O2/c1-14-8-2-3-9(10(12)13)7(6-8)4-5-11/h2-3,6H,4-5,11H2,1H3,(H2,12,13). The maximum atomic E-state index is 11.0. The summed E-state index contributed by atoms with van der Waals surface area (Å²) < 4.78 is 5.04. The minimum absolute atomic E-state index is 0.434. The summed E-state index contributed by atoms with van der Waals surface area (Å²) in [5.74, 6) is 0.273. The van der Waals surface area contributed by atoms with Crippen LogP contribution < -0.4 is 16.2 Å². The van der Waals surface area contributed by atoms with Crippen molar-refractivity contribution in [1.29, 1.82) is 0 Å². The molecule has 0 bridgehead atoms. The molecule has 1 amide bonds. The maximum Gasteiger partial charge on any atom is 0.248 e. The second-order valence-electron chi connectivity index (χ2n) is 2.93. The van der Waals surface area contributed by atoms with E-state index in [2.05, 4.69) is 0 Å². The molecule has 0 aliphatic carbocycles. The summed E-state index contributed by atoms with van der Waals surface area (Å²) in [6.45, 7) is 0.480. The largest absolute Gasteiger partial charge is 0.497 e. The predicted octanol–water partition coefficient (Wildman–Crippen LogP) is 0.295. The summed E-state index contributed by atoms with van der Waals surface area (Å²) >= 11 is 0. The van der Waals surface area contributed by atoms with Gasteiger partial charge in [0.25, 0.3) is 0 Å². The van der Waals surface area contributed by atoms with Gasteiger partial charge in [0.2, 0.25) is 5.91 Å². The fourth-order valence-corrected chi connectivity index (χ4v) is 1.30. The summed E-state index contributed by atoms with van der Waals surface area (Å²) in [4.78, 5) is 11.0. The van der Waals surface area contributed by atoms with Gasteiger partial charge in [0.05, 0.1) is 7.11 Å². The lowest BCUT2D eigenvalue weighted by Gasteiger charge is -2.07. The van der Waals surface area contributed by atoms with Crippen LogP contribution >= 0.6 is 0 Å². The smallest absolute Gasteiger partial charge is 0.248 e. The van der Waals surface area contributed by atoms with E-state index in [1.807, 2.05) is 0 Å². The molecule has 0 saturated carbocycles. The number of hydrogen-bond acceptors (Lipinski definition) is 3. The molecule has 0 atom stereocenters. The molecule has 0 saturated heterocycles. The number of carbonyl (C=O) groups excluding carboxylic acids is 1. The molecule has 76 valence electrons. The third-order valence-electron chi connectivity index (χ3n) is 1.99. The Balaban J connectivity index is 3.10. The number of nitrogens with two attached hydrogens (primary N) is 2. The summed E-state index contributed by atoms with van der Waals surface area (Å²) in [6.07, 6.45) is 0.621. The Morgan fingerprint density at radius 1 is 1.50 bits per heavy atom. The minimum Gasteiger partial charge on any atom is -0.497 e. The van der Waals surface area contributed by atoms with Crippen LogP contribution in [0.5, 0.6) is 5.75 Å². The molecule has 4 heteroatoms. The van der Waals surface area contributed by atoms with Gasteiger partial charge in [0.15, 0.2) is 0 Å². The van der Waals surface area contributed by atoms with Gasteiger partial charge in [0, 0.05) is 5.56 Å². The van der Waals surface area contributed by atoms with E-state index in [4.69, 9.17) is 16.2 Å². The van der Waals surface area contributed by atoms with Gasteiger partial charge in [-0.25, -0.2) is 0 Å². The molecule has 4 nitrogen and oxygen atoms in total. The molecule has 0 aliphatic heterocycles. The van der Waals surface area contributed by atoms with Crippen molar-refractivity contribution in [3.8, 4) is 5.75 Å². The van der Waals surface area contributed by atoms with Crippen LogP contribution in [0, 0.1) is 0 Å². The van der Waals surface area contributed by atoms with Gasteiger partial charge in [-0.3, -0.25) is 4.79 Å². The van der Waals surface area contributed by atoms with Crippen molar-refractivity contribution in [2.24, 2.45) is 11.5 Å². The van der Waals surface area contributed by atoms with Crippen LogP contribution in [-0.2, 0) is 6.42 Å². The zero-order valence-corrected chi connectivity index (χ0v) is 8.12. The highest BCUT2D eigenvalue weighted by atomic mass is 16.5. The number of amides is 1. The second kappa shape index (κ2) is 4.62. The van der Waals surface area contributed by atoms with Crippen LogP contribution in [0.4, 0.5) is 0 Å². The number of hydrogen-bond donors (Lipinski definition) is 2. The fraction of sp³-hybridized carbons (Fsp3) is 0.300. The highest BCUT2D eigenvalue weighted by molar-refractivity contribution is 5.94. The maximum absolute atomic E-state index is 11.0. The molecule has 1 aromatic rings. The molecule has 14 heavy (non-hydrogen) atoms. The van der Waals surface area contributed by atoms with E-state index in [9.17, 15) is 4.79 Å². The molecule has 0 heterocycles. The highest BCUT2D eigenvalue weighted by Crippen LogP contribution is 2.17. The van der Waals surface area contributed by atoms with Gasteiger partial charge in [-0.05, 0) is 36.7 Å².